The molecule has 0 atom stereocenters. The Kier molecular flexibility index (Phi) is 6.15. The Balaban J connectivity index is 1.56. The highest BCUT2D eigenvalue weighted by Crippen LogP contribution is 2.35. The first-order chi connectivity index (χ1) is 13.2. The number of nitriles is 1. The maximum Gasteiger partial charge on any atom is 0.416 e. The summed E-state index contributed by atoms with van der Waals surface area (Å²) in [4.78, 5) is 4.02. The minimum atomic E-state index is -4.48. The zero-order valence-electron chi connectivity index (χ0n) is 15.8. The van der Waals surface area contributed by atoms with E-state index < -0.39 is 17.4 Å². The van der Waals surface area contributed by atoms with Crippen LogP contribution in [0.4, 0.5) is 23.2 Å². The van der Waals surface area contributed by atoms with Crippen molar-refractivity contribution in [1.82, 2.24) is 4.90 Å². The predicted molar refractivity (Wildman–Crippen MR) is 99.7 cm³/mol. The van der Waals surface area contributed by atoms with Crippen molar-refractivity contribution in [1.29, 1.82) is 5.26 Å². The summed E-state index contributed by atoms with van der Waals surface area (Å²) in [5.74, 6) is 0. The number of hydrogen-bond acceptors (Lipinski definition) is 4. The quantitative estimate of drug-likeness (QED) is 0.786. The number of rotatable bonds is 4. The van der Waals surface area contributed by atoms with Gasteiger partial charge in [0, 0.05) is 44.5 Å². The van der Waals surface area contributed by atoms with E-state index in [4.69, 9.17) is 11.0 Å². The van der Waals surface area contributed by atoms with Crippen molar-refractivity contribution >= 4 is 5.69 Å². The molecule has 0 radical (unpaired) electrons. The van der Waals surface area contributed by atoms with Crippen LogP contribution in [0.5, 0.6) is 0 Å². The molecule has 1 saturated heterocycles. The molecular weight excluding hydrogens is 372 g/mol. The molecule has 1 aromatic rings. The number of halogens is 4. The summed E-state index contributed by atoms with van der Waals surface area (Å²) < 4.78 is 54.1. The molecule has 2 fully saturated rings. The molecule has 8 heteroatoms. The maximum absolute atomic E-state index is 14.9. The molecule has 0 unspecified atom stereocenters. The molecule has 4 nitrogen and oxygen atoms in total. The van der Waals surface area contributed by atoms with Gasteiger partial charge >= 0.3 is 6.18 Å². The van der Waals surface area contributed by atoms with Crippen LogP contribution in [0.15, 0.2) is 18.2 Å². The van der Waals surface area contributed by atoms with E-state index in [1.165, 1.54) is 6.07 Å². The van der Waals surface area contributed by atoms with Crippen molar-refractivity contribution in [2.75, 3.05) is 37.6 Å². The van der Waals surface area contributed by atoms with Crippen LogP contribution in [0.3, 0.4) is 0 Å². The lowest BCUT2D eigenvalue weighted by Crippen LogP contribution is -2.48. The van der Waals surface area contributed by atoms with Gasteiger partial charge in [0.05, 0.1) is 17.2 Å². The van der Waals surface area contributed by atoms with Gasteiger partial charge in [-0.2, -0.15) is 18.4 Å². The van der Waals surface area contributed by atoms with Crippen LogP contribution in [0.1, 0.15) is 43.2 Å². The number of nitrogens with zero attached hydrogens (tertiary/aromatic N) is 3. The van der Waals surface area contributed by atoms with E-state index >= 15 is 0 Å². The molecule has 2 aliphatic rings. The van der Waals surface area contributed by atoms with Gasteiger partial charge < -0.3 is 10.6 Å². The molecule has 0 aromatic heterocycles. The van der Waals surface area contributed by atoms with Crippen molar-refractivity contribution in [3.63, 3.8) is 0 Å². The van der Waals surface area contributed by atoms with Crippen LogP contribution < -0.4 is 10.6 Å². The minimum absolute atomic E-state index is 0.00197. The molecule has 2 N–H and O–H groups in total. The molecule has 3 rings (SSSR count). The highest BCUT2D eigenvalue weighted by molar-refractivity contribution is 5.55. The van der Waals surface area contributed by atoms with Gasteiger partial charge in [0.25, 0.3) is 0 Å². The summed E-state index contributed by atoms with van der Waals surface area (Å²) in [5.41, 5.74) is 4.31. The highest BCUT2D eigenvalue weighted by Gasteiger charge is 2.35. The van der Waals surface area contributed by atoms with E-state index in [-0.39, 0.29) is 11.6 Å². The second-order valence-electron chi connectivity index (χ2n) is 7.95. The molecule has 1 aromatic carbocycles. The molecule has 0 bridgehead atoms. The fourth-order valence-corrected chi connectivity index (χ4v) is 4.02. The Morgan fingerprint density at radius 1 is 1.11 bits per heavy atom. The largest absolute Gasteiger partial charge is 0.416 e. The number of alkyl halides is 4. The lowest BCUT2D eigenvalue weighted by Gasteiger charge is -2.38. The second-order valence-corrected chi connectivity index (χ2v) is 7.95. The average Bonchev–Trinajstić information content (AvgIpc) is 2.68. The maximum atomic E-state index is 14.9. The summed E-state index contributed by atoms with van der Waals surface area (Å²) in [5, 5.41) is 9.04. The Morgan fingerprint density at radius 3 is 2.32 bits per heavy atom. The Bertz CT molecular complexity index is 712. The lowest BCUT2D eigenvalue weighted by molar-refractivity contribution is -0.137. The Hall–Kier alpha value is -1.85. The van der Waals surface area contributed by atoms with Crippen LogP contribution in [0, 0.1) is 11.3 Å². The summed E-state index contributed by atoms with van der Waals surface area (Å²) in [7, 11) is 0. The van der Waals surface area contributed by atoms with Crippen LogP contribution in [-0.4, -0.2) is 49.3 Å². The van der Waals surface area contributed by atoms with Gasteiger partial charge in [0.15, 0.2) is 0 Å². The number of piperazine rings is 1. The molecule has 0 amide bonds. The lowest BCUT2D eigenvalue weighted by atomic mass is 9.82. The van der Waals surface area contributed by atoms with Crippen molar-refractivity contribution in [2.45, 2.75) is 50.0 Å². The van der Waals surface area contributed by atoms with Crippen LogP contribution in [-0.2, 0) is 6.18 Å². The summed E-state index contributed by atoms with van der Waals surface area (Å²) in [6.45, 7) is 3.07. The highest BCUT2D eigenvalue weighted by atomic mass is 19.4. The fraction of sp³-hybridized carbons (Fsp3) is 0.650. The van der Waals surface area contributed by atoms with Crippen molar-refractivity contribution in [3.8, 4) is 6.07 Å². The SMILES string of the molecule is N#Cc1cc(N2CCN(CCC3(F)CCC(N)CC3)CC2)cc(C(F)(F)F)c1. The van der Waals surface area contributed by atoms with E-state index in [0.29, 0.717) is 57.7 Å². The molecule has 1 aliphatic heterocycles. The van der Waals surface area contributed by atoms with E-state index in [1.54, 1.807) is 6.07 Å². The monoisotopic (exact) mass is 398 g/mol. The van der Waals surface area contributed by atoms with Crippen LogP contribution in [0.25, 0.3) is 0 Å². The zero-order valence-corrected chi connectivity index (χ0v) is 15.8. The van der Waals surface area contributed by atoms with Crippen molar-refractivity contribution < 1.29 is 17.6 Å². The average molecular weight is 398 g/mol. The van der Waals surface area contributed by atoms with Gasteiger partial charge in [0.2, 0.25) is 0 Å². The number of benzene rings is 1. The third-order valence-electron chi connectivity index (χ3n) is 5.91. The third-order valence-corrected chi connectivity index (χ3v) is 5.91. The number of anilines is 1. The van der Waals surface area contributed by atoms with E-state index in [1.807, 2.05) is 4.90 Å². The van der Waals surface area contributed by atoms with Crippen molar-refractivity contribution in [3.05, 3.63) is 29.3 Å². The van der Waals surface area contributed by atoms with Crippen LogP contribution in [0.2, 0.25) is 0 Å². The van der Waals surface area contributed by atoms with E-state index in [2.05, 4.69) is 4.90 Å². The molecule has 154 valence electrons. The molecule has 1 saturated carbocycles. The molecular formula is C20H26F4N4. The summed E-state index contributed by atoms with van der Waals surface area (Å²) >= 11 is 0. The third kappa shape index (κ3) is 5.15. The Morgan fingerprint density at radius 2 is 1.75 bits per heavy atom. The number of hydrogen-bond donors (Lipinski definition) is 1. The smallest absolute Gasteiger partial charge is 0.369 e. The van der Waals surface area contributed by atoms with Gasteiger partial charge in [0.1, 0.15) is 5.67 Å². The number of nitrogens with two attached hydrogens (primary N) is 1. The van der Waals surface area contributed by atoms with Gasteiger partial charge in [-0.15, -0.1) is 0 Å². The first-order valence-corrected chi connectivity index (χ1v) is 9.73. The summed E-state index contributed by atoms with van der Waals surface area (Å²) in [6, 6.07) is 5.37. The van der Waals surface area contributed by atoms with Crippen molar-refractivity contribution in [2.24, 2.45) is 5.73 Å². The van der Waals surface area contributed by atoms with Gasteiger partial charge in [-0.25, -0.2) is 4.39 Å². The minimum Gasteiger partial charge on any atom is -0.369 e. The first kappa shape index (κ1) is 20.9. The van der Waals surface area contributed by atoms with Crippen LogP contribution >= 0.6 is 0 Å². The van der Waals surface area contributed by atoms with E-state index in [9.17, 15) is 17.6 Å². The zero-order chi connectivity index (χ0) is 20.4. The molecule has 28 heavy (non-hydrogen) atoms. The summed E-state index contributed by atoms with van der Waals surface area (Å²) in [6.07, 6.45) is -1.55. The standard InChI is InChI=1S/C20H26F4N4/c21-19(3-1-17(26)2-4-19)5-6-27-7-9-28(10-8-27)18-12-15(14-25)11-16(13-18)20(22,23)24/h11-13,17H,1-10,26H2. The predicted octanol–water partition coefficient (Wildman–Crippen LogP) is 3.70. The normalized spacial score (nSPS) is 26.9. The van der Waals surface area contributed by atoms with E-state index in [0.717, 1.165) is 25.0 Å². The van der Waals surface area contributed by atoms with Gasteiger partial charge in [-0.05, 0) is 50.3 Å². The second kappa shape index (κ2) is 8.26. The molecule has 1 heterocycles. The Labute approximate surface area is 162 Å². The fourth-order valence-electron chi connectivity index (χ4n) is 4.02. The van der Waals surface area contributed by atoms with Gasteiger partial charge in [-0.3, -0.25) is 4.90 Å². The first-order valence-electron chi connectivity index (χ1n) is 9.73. The molecule has 0 spiro atoms. The molecule has 1 aliphatic carbocycles. The van der Waals surface area contributed by atoms with Gasteiger partial charge in [-0.1, -0.05) is 0 Å². The topological polar surface area (TPSA) is 56.3 Å².